The molecule has 13 heavy (non-hydrogen) atoms. The first kappa shape index (κ1) is 7.74. The van der Waals surface area contributed by atoms with Crippen LogP contribution in [0.2, 0.25) is 0 Å². The van der Waals surface area contributed by atoms with E-state index in [-0.39, 0.29) is 5.52 Å². The number of nitrogens with one attached hydrogen (secondary N) is 1. The third kappa shape index (κ3) is 0.975. The van der Waals surface area contributed by atoms with E-state index in [1.54, 1.807) is 6.92 Å². The molecule has 1 aromatic heterocycles. The standard InChI is InChI=1S/C9H6FN3/c1-5-8-6(4-11)2-3-7(10)9(8)13-12-5/h2-3H,1H3,(H,12,13). The molecular formula is C9H6FN3. The van der Waals surface area contributed by atoms with Crippen molar-refractivity contribution in [1.82, 2.24) is 10.2 Å². The van der Waals surface area contributed by atoms with E-state index < -0.39 is 5.82 Å². The topological polar surface area (TPSA) is 52.5 Å². The molecule has 2 aromatic rings. The smallest absolute Gasteiger partial charge is 0.151 e. The summed E-state index contributed by atoms with van der Waals surface area (Å²) in [5.74, 6) is -0.404. The summed E-state index contributed by atoms with van der Waals surface area (Å²) in [6.07, 6.45) is 0. The van der Waals surface area contributed by atoms with E-state index in [1.165, 1.54) is 12.1 Å². The molecule has 0 spiro atoms. The number of hydrogen-bond donors (Lipinski definition) is 1. The SMILES string of the molecule is Cc1[nH]nc2c(F)ccc(C#N)c12. The van der Waals surface area contributed by atoms with Crippen LogP contribution in [0.4, 0.5) is 4.39 Å². The van der Waals surface area contributed by atoms with Crippen molar-refractivity contribution in [2.75, 3.05) is 0 Å². The van der Waals surface area contributed by atoms with Gasteiger partial charge in [0.1, 0.15) is 5.52 Å². The number of halogens is 1. The normalized spacial score (nSPS) is 10.2. The average molecular weight is 175 g/mol. The zero-order chi connectivity index (χ0) is 9.42. The van der Waals surface area contributed by atoms with Crippen molar-refractivity contribution in [2.24, 2.45) is 0 Å². The molecule has 1 aromatic carbocycles. The minimum absolute atomic E-state index is 0.233. The summed E-state index contributed by atoms with van der Waals surface area (Å²) in [5, 5.41) is 15.8. The summed E-state index contributed by atoms with van der Waals surface area (Å²) >= 11 is 0. The van der Waals surface area contributed by atoms with Crippen LogP contribution in [0.1, 0.15) is 11.3 Å². The fraction of sp³-hybridized carbons (Fsp3) is 0.111. The van der Waals surface area contributed by atoms with Gasteiger partial charge in [0, 0.05) is 11.1 Å². The number of benzene rings is 1. The second kappa shape index (κ2) is 2.56. The van der Waals surface area contributed by atoms with Gasteiger partial charge in [-0.2, -0.15) is 10.4 Å². The predicted octanol–water partition coefficient (Wildman–Crippen LogP) is 1.88. The van der Waals surface area contributed by atoms with Gasteiger partial charge in [-0.15, -0.1) is 0 Å². The molecule has 0 amide bonds. The van der Waals surface area contributed by atoms with Crippen LogP contribution in [0.3, 0.4) is 0 Å². The molecule has 0 aliphatic heterocycles. The molecule has 0 aliphatic rings. The zero-order valence-electron chi connectivity index (χ0n) is 6.93. The van der Waals surface area contributed by atoms with E-state index in [9.17, 15) is 4.39 Å². The zero-order valence-corrected chi connectivity index (χ0v) is 6.93. The quantitative estimate of drug-likeness (QED) is 0.664. The van der Waals surface area contributed by atoms with E-state index >= 15 is 0 Å². The Labute approximate surface area is 73.8 Å². The Morgan fingerprint density at radius 1 is 1.54 bits per heavy atom. The monoisotopic (exact) mass is 175 g/mol. The van der Waals surface area contributed by atoms with Gasteiger partial charge in [-0.1, -0.05) is 0 Å². The number of nitrogens with zero attached hydrogens (tertiary/aromatic N) is 2. The van der Waals surface area contributed by atoms with E-state index in [0.29, 0.717) is 16.6 Å². The van der Waals surface area contributed by atoms with Crippen LogP contribution in [-0.2, 0) is 0 Å². The number of nitriles is 1. The lowest BCUT2D eigenvalue weighted by Gasteiger charge is -1.93. The summed E-state index contributed by atoms with van der Waals surface area (Å²) in [5.41, 5.74) is 1.39. The van der Waals surface area contributed by atoms with Gasteiger partial charge in [0.2, 0.25) is 0 Å². The maximum absolute atomic E-state index is 13.1. The molecule has 1 N–H and O–H groups in total. The van der Waals surface area contributed by atoms with Gasteiger partial charge in [0.25, 0.3) is 0 Å². The summed E-state index contributed by atoms with van der Waals surface area (Å²) in [6.45, 7) is 1.76. The molecule has 1 heterocycles. The summed E-state index contributed by atoms with van der Waals surface area (Å²) in [6, 6.07) is 4.71. The van der Waals surface area contributed by atoms with Crippen molar-refractivity contribution in [3.8, 4) is 6.07 Å². The van der Waals surface area contributed by atoms with E-state index in [1.807, 2.05) is 6.07 Å². The van der Waals surface area contributed by atoms with Crippen molar-refractivity contribution in [2.45, 2.75) is 6.92 Å². The summed E-state index contributed by atoms with van der Waals surface area (Å²) in [4.78, 5) is 0. The predicted molar refractivity (Wildman–Crippen MR) is 45.5 cm³/mol. The molecule has 4 heteroatoms. The van der Waals surface area contributed by atoms with Crippen LogP contribution in [0.25, 0.3) is 10.9 Å². The number of aryl methyl sites for hydroxylation is 1. The Kier molecular flexibility index (Phi) is 1.52. The van der Waals surface area contributed by atoms with E-state index in [4.69, 9.17) is 5.26 Å². The first-order chi connectivity index (χ1) is 6.24. The van der Waals surface area contributed by atoms with Crippen molar-refractivity contribution in [1.29, 1.82) is 5.26 Å². The molecule has 0 saturated carbocycles. The Hall–Kier alpha value is -1.89. The summed E-state index contributed by atoms with van der Waals surface area (Å²) in [7, 11) is 0. The lowest BCUT2D eigenvalue weighted by molar-refractivity contribution is 0.636. The fourth-order valence-electron chi connectivity index (χ4n) is 1.34. The molecule has 0 aliphatic carbocycles. The first-order valence-corrected chi connectivity index (χ1v) is 3.77. The number of fused-ring (bicyclic) bond motifs is 1. The van der Waals surface area contributed by atoms with Crippen molar-refractivity contribution in [3.63, 3.8) is 0 Å². The van der Waals surface area contributed by atoms with Crippen LogP contribution in [0.15, 0.2) is 12.1 Å². The van der Waals surface area contributed by atoms with Crippen molar-refractivity contribution in [3.05, 3.63) is 29.2 Å². The van der Waals surface area contributed by atoms with Crippen LogP contribution in [0, 0.1) is 24.1 Å². The van der Waals surface area contributed by atoms with Gasteiger partial charge in [0.15, 0.2) is 5.82 Å². The van der Waals surface area contributed by atoms with Crippen LogP contribution in [0.5, 0.6) is 0 Å². The molecule has 2 rings (SSSR count). The van der Waals surface area contributed by atoms with Crippen molar-refractivity contribution < 1.29 is 4.39 Å². The molecule has 0 radical (unpaired) electrons. The third-order valence-electron chi connectivity index (χ3n) is 1.96. The number of rotatable bonds is 0. The molecule has 0 bridgehead atoms. The van der Waals surface area contributed by atoms with Gasteiger partial charge in [-0.3, -0.25) is 5.10 Å². The fourth-order valence-corrected chi connectivity index (χ4v) is 1.34. The second-order valence-corrected chi connectivity index (χ2v) is 2.78. The van der Waals surface area contributed by atoms with Gasteiger partial charge in [-0.05, 0) is 19.1 Å². The van der Waals surface area contributed by atoms with Crippen LogP contribution in [-0.4, -0.2) is 10.2 Å². The van der Waals surface area contributed by atoms with Crippen LogP contribution >= 0.6 is 0 Å². The molecule has 0 saturated heterocycles. The second-order valence-electron chi connectivity index (χ2n) is 2.78. The number of aromatic amines is 1. The summed E-state index contributed by atoms with van der Waals surface area (Å²) < 4.78 is 13.1. The maximum Gasteiger partial charge on any atom is 0.151 e. The van der Waals surface area contributed by atoms with Gasteiger partial charge < -0.3 is 0 Å². The van der Waals surface area contributed by atoms with E-state index in [0.717, 1.165) is 0 Å². The Morgan fingerprint density at radius 2 is 2.31 bits per heavy atom. The highest BCUT2D eigenvalue weighted by Gasteiger charge is 2.10. The minimum Gasteiger partial charge on any atom is -0.281 e. The van der Waals surface area contributed by atoms with Crippen LogP contribution < -0.4 is 0 Å². The minimum atomic E-state index is -0.404. The molecule has 0 fully saturated rings. The Bertz CT molecular complexity index is 507. The van der Waals surface area contributed by atoms with E-state index in [2.05, 4.69) is 10.2 Å². The highest BCUT2D eigenvalue weighted by atomic mass is 19.1. The molecular weight excluding hydrogens is 169 g/mol. The number of aromatic nitrogens is 2. The van der Waals surface area contributed by atoms with Gasteiger partial charge >= 0.3 is 0 Å². The first-order valence-electron chi connectivity index (χ1n) is 3.77. The lowest BCUT2D eigenvalue weighted by Crippen LogP contribution is -1.82. The average Bonchev–Trinajstić information content (AvgIpc) is 2.51. The van der Waals surface area contributed by atoms with Gasteiger partial charge in [-0.25, -0.2) is 4.39 Å². The molecule has 64 valence electrons. The highest BCUT2D eigenvalue weighted by molar-refractivity contribution is 5.87. The molecule has 0 unspecified atom stereocenters. The molecule has 0 atom stereocenters. The molecule has 3 nitrogen and oxygen atoms in total. The van der Waals surface area contributed by atoms with Gasteiger partial charge in [0.05, 0.1) is 11.6 Å². The largest absolute Gasteiger partial charge is 0.281 e. The third-order valence-corrected chi connectivity index (χ3v) is 1.96. The Balaban J connectivity index is 2.99. The maximum atomic E-state index is 13.1. The Morgan fingerprint density at radius 3 is 3.00 bits per heavy atom. The lowest BCUT2D eigenvalue weighted by atomic mass is 10.1. The van der Waals surface area contributed by atoms with Crippen molar-refractivity contribution >= 4 is 10.9 Å². The number of H-pyrrole nitrogens is 1. The highest BCUT2D eigenvalue weighted by Crippen LogP contribution is 2.21. The number of hydrogen-bond acceptors (Lipinski definition) is 2.